The predicted molar refractivity (Wildman–Crippen MR) is 55.4 cm³/mol. The number of ether oxygens (including phenoxy) is 1. The molecule has 1 atom stereocenters. The standard InChI is InChI=1S/C9H14BrF2NO2/c10-7-1-3-13(5-7)9(14)2-4-15-6-8(11)12/h7-8H,1-6H2. The van der Waals surface area contributed by atoms with Crippen LogP contribution in [0, 0.1) is 0 Å². The Labute approximate surface area is 95.9 Å². The first-order valence-corrected chi connectivity index (χ1v) is 5.79. The monoisotopic (exact) mass is 285 g/mol. The molecule has 3 nitrogen and oxygen atoms in total. The lowest BCUT2D eigenvalue weighted by atomic mass is 10.4. The Bertz CT molecular complexity index is 216. The molecule has 15 heavy (non-hydrogen) atoms. The Morgan fingerprint density at radius 1 is 1.60 bits per heavy atom. The van der Waals surface area contributed by atoms with Gasteiger partial charge in [0.25, 0.3) is 6.43 Å². The minimum Gasteiger partial charge on any atom is -0.375 e. The van der Waals surface area contributed by atoms with Crippen molar-refractivity contribution >= 4 is 21.8 Å². The maximum atomic E-state index is 11.7. The predicted octanol–water partition coefficient (Wildman–Crippen LogP) is 1.65. The zero-order chi connectivity index (χ0) is 11.3. The third-order valence-corrected chi connectivity index (χ3v) is 2.93. The van der Waals surface area contributed by atoms with Crippen molar-refractivity contribution in [2.24, 2.45) is 0 Å². The van der Waals surface area contributed by atoms with Crippen molar-refractivity contribution in [3.8, 4) is 0 Å². The molecule has 1 heterocycles. The molecule has 0 spiro atoms. The van der Waals surface area contributed by atoms with Crippen LogP contribution >= 0.6 is 15.9 Å². The van der Waals surface area contributed by atoms with Crippen molar-refractivity contribution in [3.05, 3.63) is 0 Å². The van der Waals surface area contributed by atoms with Gasteiger partial charge in [-0.05, 0) is 6.42 Å². The normalized spacial score (nSPS) is 21.3. The smallest absolute Gasteiger partial charge is 0.261 e. The van der Waals surface area contributed by atoms with Crippen LogP contribution in [0.15, 0.2) is 0 Å². The lowest BCUT2D eigenvalue weighted by molar-refractivity contribution is -0.131. The van der Waals surface area contributed by atoms with Crippen LogP contribution in [0.2, 0.25) is 0 Å². The number of carbonyl (C=O) groups excluding carboxylic acids is 1. The largest absolute Gasteiger partial charge is 0.375 e. The van der Waals surface area contributed by atoms with Crippen LogP contribution in [0.3, 0.4) is 0 Å². The molecular weight excluding hydrogens is 272 g/mol. The van der Waals surface area contributed by atoms with Gasteiger partial charge < -0.3 is 9.64 Å². The van der Waals surface area contributed by atoms with Crippen molar-refractivity contribution in [2.45, 2.75) is 24.1 Å². The maximum absolute atomic E-state index is 11.7. The average molecular weight is 286 g/mol. The highest BCUT2D eigenvalue weighted by atomic mass is 79.9. The van der Waals surface area contributed by atoms with E-state index in [9.17, 15) is 13.6 Å². The number of alkyl halides is 3. The van der Waals surface area contributed by atoms with Gasteiger partial charge in [-0.2, -0.15) is 0 Å². The first-order chi connectivity index (χ1) is 7.09. The Morgan fingerprint density at radius 3 is 2.87 bits per heavy atom. The molecule has 0 aliphatic carbocycles. The van der Waals surface area contributed by atoms with Crippen molar-refractivity contribution < 1.29 is 18.3 Å². The number of hydrogen-bond acceptors (Lipinski definition) is 2. The zero-order valence-electron chi connectivity index (χ0n) is 8.29. The van der Waals surface area contributed by atoms with Gasteiger partial charge in [-0.15, -0.1) is 0 Å². The van der Waals surface area contributed by atoms with Gasteiger partial charge in [-0.3, -0.25) is 4.79 Å². The van der Waals surface area contributed by atoms with Gasteiger partial charge in [0.1, 0.15) is 6.61 Å². The van der Waals surface area contributed by atoms with Crippen LogP contribution in [-0.4, -0.2) is 48.4 Å². The number of amides is 1. The number of nitrogens with zero attached hydrogens (tertiary/aromatic N) is 1. The highest BCUT2D eigenvalue weighted by Gasteiger charge is 2.23. The van der Waals surface area contributed by atoms with E-state index in [0.717, 1.165) is 13.0 Å². The molecule has 1 aliphatic heterocycles. The van der Waals surface area contributed by atoms with Gasteiger partial charge in [0.05, 0.1) is 13.0 Å². The van der Waals surface area contributed by atoms with E-state index >= 15 is 0 Å². The first kappa shape index (κ1) is 12.8. The molecule has 1 fully saturated rings. The summed E-state index contributed by atoms with van der Waals surface area (Å²) in [6, 6.07) is 0. The number of halogens is 3. The summed E-state index contributed by atoms with van der Waals surface area (Å²) < 4.78 is 28.0. The number of carbonyl (C=O) groups is 1. The fourth-order valence-corrected chi connectivity index (χ4v) is 1.99. The van der Waals surface area contributed by atoms with Crippen molar-refractivity contribution in [2.75, 3.05) is 26.3 Å². The summed E-state index contributed by atoms with van der Waals surface area (Å²) in [6.07, 6.45) is -1.32. The third-order valence-electron chi connectivity index (χ3n) is 2.19. The lowest BCUT2D eigenvalue weighted by Crippen LogP contribution is -2.29. The van der Waals surface area contributed by atoms with Crippen LogP contribution in [0.5, 0.6) is 0 Å². The van der Waals surface area contributed by atoms with E-state index in [2.05, 4.69) is 20.7 Å². The van der Waals surface area contributed by atoms with Gasteiger partial charge >= 0.3 is 0 Å². The molecule has 88 valence electrons. The van der Waals surface area contributed by atoms with Gasteiger partial charge in [0.2, 0.25) is 5.91 Å². The highest BCUT2D eigenvalue weighted by molar-refractivity contribution is 9.09. The number of likely N-dealkylation sites (tertiary alicyclic amines) is 1. The quantitative estimate of drug-likeness (QED) is 0.568. The van der Waals surface area contributed by atoms with Gasteiger partial charge in [0, 0.05) is 17.9 Å². The number of rotatable bonds is 5. The molecule has 0 saturated carbocycles. The van der Waals surface area contributed by atoms with E-state index in [1.54, 1.807) is 4.90 Å². The molecule has 1 amide bonds. The molecule has 0 bridgehead atoms. The van der Waals surface area contributed by atoms with Gasteiger partial charge in [-0.1, -0.05) is 15.9 Å². The molecule has 1 aliphatic rings. The van der Waals surface area contributed by atoms with E-state index in [0.29, 0.717) is 11.4 Å². The topological polar surface area (TPSA) is 29.5 Å². The summed E-state index contributed by atoms with van der Waals surface area (Å²) in [5, 5.41) is 0. The molecule has 0 N–H and O–H groups in total. The zero-order valence-corrected chi connectivity index (χ0v) is 9.88. The Kier molecular flexibility index (Phi) is 5.45. The second-order valence-electron chi connectivity index (χ2n) is 3.44. The summed E-state index contributed by atoms with van der Waals surface area (Å²) in [6.45, 7) is 0.929. The minimum absolute atomic E-state index is 0.0220. The summed E-state index contributed by atoms with van der Waals surface area (Å²) in [4.78, 5) is 13.6. The molecular formula is C9H14BrF2NO2. The summed E-state index contributed by atoms with van der Waals surface area (Å²) in [7, 11) is 0. The highest BCUT2D eigenvalue weighted by Crippen LogP contribution is 2.17. The van der Waals surface area contributed by atoms with Crippen LogP contribution in [0.1, 0.15) is 12.8 Å². The second kappa shape index (κ2) is 6.37. The van der Waals surface area contributed by atoms with Crippen molar-refractivity contribution in [1.82, 2.24) is 4.90 Å². The van der Waals surface area contributed by atoms with Crippen LogP contribution in [0.4, 0.5) is 8.78 Å². The van der Waals surface area contributed by atoms with E-state index in [4.69, 9.17) is 0 Å². The van der Waals surface area contributed by atoms with Gasteiger partial charge in [-0.25, -0.2) is 8.78 Å². The molecule has 6 heteroatoms. The lowest BCUT2D eigenvalue weighted by Gasteiger charge is -2.15. The average Bonchev–Trinajstić information content (AvgIpc) is 2.59. The Balaban J connectivity index is 2.08. The Hall–Kier alpha value is -0.230. The van der Waals surface area contributed by atoms with Crippen molar-refractivity contribution in [1.29, 1.82) is 0 Å². The fourth-order valence-electron chi connectivity index (χ4n) is 1.43. The molecule has 0 radical (unpaired) electrons. The minimum atomic E-state index is -2.46. The summed E-state index contributed by atoms with van der Waals surface area (Å²) >= 11 is 3.42. The Morgan fingerprint density at radius 2 is 2.33 bits per heavy atom. The van der Waals surface area contributed by atoms with E-state index < -0.39 is 13.0 Å². The molecule has 1 rings (SSSR count). The van der Waals surface area contributed by atoms with Crippen LogP contribution in [-0.2, 0) is 9.53 Å². The van der Waals surface area contributed by atoms with Crippen LogP contribution < -0.4 is 0 Å². The fraction of sp³-hybridized carbons (Fsp3) is 0.889. The van der Waals surface area contributed by atoms with E-state index in [1.165, 1.54) is 0 Å². The number of hydrogen-bond donors (Lipinski definition) is 0. The molecule has 1 unspecified atom stereocenters. The van der Waals surface area contributed by atoms with Gasteiger partial charge in [0.15, 0.2) is 0 Å². The molecule has 1 saturated heterocycles. The summed E-state index contributed by atoms with van der Waals surface area (Å²) in [5.74, 6) is -0.0220. The van der Waals surface area contributed by atoms with E-state index in [1.807, 2.05) is 0 Å². The SMILES string of the molecule is O=C(CCOCC(F)F)N1CCC(Br)C1. The second-order valence-corrected chi connectivity index (χ2v) is 4.74. The molecule has 0 aromatic heterocycles. The van der Waals surface area contributed by atoms with E-state index in [-0.39, 0.29) is 18.9 Å². The summed E-state index contributed by atoms with van der Waals surface area (Å²) in [5.41, 5.74) is 0. The van der Waals surface area contributed by atoms with Crippen LogP contribution in [0.25, 0.3) is 0 Å². The maximum Gasteiger partial charge on any atom is 0.261 e. The first-order valence-electron chi connectivity index (χ1n) is 4.87. The molecule has 0 aromatic rings. The van der Waals surface area contributed by atoms with Crippen molar-refractivity contribution in [3.63, 3.8) is 0 Å². The molecule has 0 aromatic carbocycles. The third kappa shape index (κ3) is 4.88.